The first-order chi connectivity index (χ1) is 8.26. The SMILES string of the molecule is COc1ncccc1-c1cc(Cl)nnc1CN. The Hall–Kier alpha value is -1.72. The van der Waals surface area contributed by atoms with Crippen LogP contribution in [0.2, 0.25) is 5.15 Å². The number of hydrogen-bond acceptors (Lipinski definition) is 5. The fraction of sp³-hybridized carbons (Fsp3) is 0.182. The summed E-state index contributed by atoms with van der Waals surface area (Å²) in [7, 11) is 1.56. The smallest absolute Gasteiger partial charge is 0.221 e. The predicted molar refractivity (Wildman–Crippen MR) is 64.7 cm³/mol. The van der Waals surface area contributed by atoms with Crippen LogP contribution in [0, 0.1) is 0 Å². The minimum absolute atomic E-state index is 0.275. The van der Waals surface area contributed by atoms with Crippen LogP contribution >= 0.6 is 11.6 Å². The number of pyridine rings is 1. The Morgan fingerprint density at radius 1 is 1.35 bits per heavy atom. The summed E-state index contributed by atoms with van der Waals surface area (Å²) in [6, 6.07) is 5.39. The van der Waals surface area contributed by atoms with Gasteiger partial charge in [-0.25, -0.2) is 4.98 Å². The van der Waals surface area contributed by atoms with Crippen LogP contribution < -0.4 is 10.5 Å². The molecule has 2 heterocycles. The van der Waals surface area contributed by atoms with E-state index in [-0.39, 0.29) is 6.54 Å². The van der Waals surface area contributed by atoms with Crippen molar-refractivity contribution in [2.24, 2.45) is 5.73 Å². The number of methoxy groups -OCH3 is 1. The summed E-state index contributed by atoms with van der Waals surface area (Å²) in [6.07, 6.45) is 1.65. The maximum Gasteiger partial charge on any atom is 0.221 e. The third-order valence-electron chi connectivity index (χ3n) is 2.29. The lowest BCUT2D eigenvalue weighted by molar-refractivity contribution is 0.399. The monoisotopic (exact) mass is 250 g/mol. The van der Waals surface area contributed by atoms with Crippen LogP contribution in [0.3, 0.4) is 0 Å². The van der Waals surface area contributed by atoms with Gasteiger partial charge in [-0.3, -0.25) is 0 Å². The van der Waals surface area contributed by atoms with Crippen molar-refractivity contribution in [1.82, 2.24) is 15.2 Å². The summed E-state index contributed by atoms with van der Waals surface area (Å²) in [4.78, 5) is 4.12. The van der Waals surface area contributed by atoms with Gasteiger partial charge in [0.05, 0.1) is 12.8 Å². The molecular formula is C11H11ClN4O. The van der Waals surface area contributed by atoms with Gasteiger partial charge in [0.1, 0.15) is 0 Å². The van der Waals surface area contributed by atoms with Crippen LogP contribution in [-0.4, -0.2) is 22.3 Å². The van der Waals surface area contributed by atoms with Crippen molar-refractivity contribution < 1.29 is 4.74 Å². The second kappa shape index (κ2) is 5.07. The highest BCUT2D eigenvalue weighted by Gasteiger charge is 2.12. The Morgan fingerprint density at radius 3 is 2.88 bits per heavy atom. The average Bonchev–Trinajstić information content (AvgIpc) is 2.38. The van der Waals surface area contributed by atoms with E-state index in [0.29, 0.717) is 16.7 Å². The average molecular weight is 251 g/mol. The molecule has 0 aliphatic carbocycles. The highest BCUT2D eigenvalue weighted by atomic mass is 35.5. The van der Waals surface area contributed by atoms with Crippen LogP contribution in [-0.2, 0) is 6.54 Å². The molecule has 0 aliphatic rings. The van der Waals surface area contributed by atoms with Crippen LogP contribution in [0.25, 0.3) is 11.1 Å². The number of nitrogens with two attached hydrogens (primary N) is 1. The van der Waals surface area contributed by atoms with Gasteiger partial charge in [0.25, 0.3) is 0 Å². The standard InChI is InChI=1S/C11H11ClN4O/c1-17-11-7(3-2-4-14-11)8-5-10(12)16-15-9(8)6-13/h2-5H,6,13H2,1H3. The molecule has 0 aliphatic heterocycles. The number of aromatic nitrogens is 3. The molecular weight excluding hydrogens is 240 g/mol. The van der Waals surface area contributed by atoms with Crippen LogP contribution in [0.5, 0.6) is 5.88 Å². The zero-order valence-corrected chi connectivity index (χ0v) is 9.98. The van der Waals surface area contributed by atoms with Crippen molar-refractivity contribution in [3.05, 3.63) is 35.2 Å². The van der Waals surface area contributed by atoms with Crippen molar-refractivity contribution in [2.75, 3.05) is 7.11 Å². The Balaban J connectivity index is 2.62. The van der Waals surface area contributed by atoms with E-state index >= 15 is 0 Å². The highest BCUT2D eigenvalue weighted by molar-refractivity contribution is 6.29. The maximum atomic E-state index is 5.84. The second-order valence-corrected chi connectivity index (χ2v) is 3.68. The second-order valence-electron chi connectivity index (χ2n) is 3.29. The topological polar surface area (TPSA) is 73.9 Å². The zero-order chi connectivity index (χ0) is 12.3. The number of halogens is 1. The summed E-state index contributed by atoms with van der Waals surface area (Å²) >= 11 is 5.84. The lowest BCUT2D eigenvalue weighted by Gasteiger charge is -2.09. The first-order valence-corrected chi connectivity index (χ1v) is 5.35. The fourth-order valence-electron chi connectivity index (χ4n) is 1.54. The Labute approximate surface area is 104 Å². The fourth-order valence-corrected chi connectivity index (χ4v) is 1.68. The maximum absolute atomic E-state index is 5.84. The van der Waals surface area contributed by atoms with Crippen molar-refractivity contribution in [2.45, 2.75) is 6.54 Å². The minimum atomic E-state index is 0.275. The molecule has 0 saturated carbocycles. The molecule has 6 heteroatoms. The van der Waals surface area contributed by atoms with E-state index in [2.05, 4.69) is 15.2 Å². The molecule has 5 nitrogen and oxygen atoms in total. The van der Waals surface area contributed by atoms with Crippen molar-refractivity contribution in [3.63, 3.8) is 0 Å². The number of ether oxygens (including phenoxy) is 1. The third kappa shape index (κ3) is 2.35. The van der Waals surface area contributed by atoms with Crippen LogP contribution in [0.15, 0.2) is 24.4 Å². The van der Waals surface area contributed by atoms with Crippen molar-refractivity contribution in [1.29, 1.82) is 0 Å². The molecule has 0 amide bonds. The third-order valence-corrected chi connectivity index (χ3v) is 2.47. The summed E-state index contributed by atoms with van der Waals surface area (Å²) < 4.78 is 5.20. The van der Waals surface area contributed by atoms with Gasteiger partial charge in [-0.1, -0.05) is 11.6 Å². The Morgan fingerprint density at radius 2 is 2.18 bits per heavy atom. The molecule has 2 aromatic rings. The van der Waals surface area contributed by atoms with Gasteiger partial charge in [-0.15, -0.1) is 5.10 Å². The number of hydrogen-bond donors (Lipinski definition) is 1. The van der Waals surface area contributed by atoms with Gasteiger partial charge in [-0.2, -0.15) is 5.10 Å². The largest absolute Gasteiger partial charge is 0.481 e. The molecule has 0 fully saturated rings. The lowest BCUT2D eigenvalue weighted by atomic mass is 10.1. The minimum Gasteiger partial charge on any atom is -0.481 e. The normalized spacial score (nSPS) is 10.3. The molecule has 0 aromatic carbocycles. The molecule has 2 N–H and O–H groups in total. The van der Waals surface area contributed by atoms with Gasteiger partial charge in [0.2, 0.25) is 5.88 Å². The molecule has 2 aromatic heterocycles. The van der Waals surface area contributed by atoms with Gasteiger partial charge in [0, 0.05) is 23.9 Å². The van der Waals surface area contributed by atoms with Gasteiger partial charge in [0.15, 0.2) is 5.15 Å². The molecule has 0 saturated heterocycles. The van der Waals surface area contributed by atoms with E-state index in [1.807, 2.05) is 12.1 Å². The van der Waals surface area contributed by atoms with Gasteiger partial charge < -0.3 is 10.5 Å². The van der Waals surface area contributed by atoms with E-state index in [1.54, 1.807) is 19.4 Å². The van der Waals surface area contributed by atoms with Gasteiger partial charge >= 0.3 is 0 Å². The van der Waals surface area contributed by atoms with E-state index < -0.39 is 0 Å². The molecule has 0 radical (unpaired) electrons. The van der Waals surface area contributed by atoms with E-state index in [9.17, 15) is 0 Å². The zero-order valence-electron chi connectivity index (χ0n) is 9.22. The highest BCUT2D eigenvalue weighted by Crippen LogP contribution is 2.30. The molecule has 0 spiro atoms. The molecule has 0 bridgehead atoms. The number of nitrogens with zero attached hydrogens (tertiary/aromatic N) is 3. The van der Waals surface area contributed by atoms with Crippen LogP contribution in [0.1, 0.15) is 5.69 Å². The van der Waals surface area contributed by atoms with Crippen molar-refractivity contribution >= 4 is 11.6 Å². The van der Waals surface area contributed by atoms with Gasteiger partial charge in [-0.05, 0) is 18.2 Å². The quantitative estimate of drug-likeness (QED) is 0.897. The summed E-state index contributed by atoms with van der Waals surface area (Å²) in [5.41, 5.74) is 7.86. The molecule has 0 atom stereocenters. The molecule has 2 rings (SSSR count). The Kier molecular flexibility index (Phi) is 3.51. The first-order valence-electron chi connectivity index (χ1n) is 4.97. The summed E-state index contributed by atoms with van der Waals surface area (Å²) in [6.45, 7) is 0.275. The lowest BCUT2D eigenvalue weighted by Crippen LogP contribution is -2.04. The van der Waals surface area contributed by atoms with Crippen LogP contribution in [0.4, 0.5) is 0 Å². The summed E-state index contributed by atoms with van der Waals surface area (Å²) in [5, 5.41) is 8.03. The Bertz CT molecular complexity index is 533. The summed E-state index contributed by atoms with van der Waals surface area (Å²) in [5.74, 6) is 0.506. The number of rotatable bonds is 3. The molecule has 17 heavy (non-hydrogen) atoms. The van der Waals surface area contributed by atoms with E-state index in [4.69, 9.17) is 22.1 Å². The molecule has 0 unspecified atom stereocenters. The van der Waals surface area contributed by atoms with E-state index in [0.717, 1.165) is 11.1 Å². The predicted octanol–water partition coefficient (Wildman–Crippen LogP) is 1.66. The van der Waals surface area contributed by atoms with Crippen molar-refractivity contribution in [3.8, 4) is 17.0 Å². The van der Waals surface area contributed by atoms with E-state index in [1.165, 1.54) is 0 Å². The first kappa shape index (κ1) is 11.8. The molecule has 88 valence electrons.